The van der Waals surface area contributed by atoms with Crippen molar-refractivity contribution in [1.29, 1.82) is 0 Å². The fourth-order valence-corrected chi connectivity index (χ4v) is 3.33. The number of nitrogens with one attached hydrogen (secondary N) is 2. The van der Waals surface area contributed by atoms with Gasteiger partial charge in [-0.3, -0.25) is 14.4 Å². The third-order valence-electron chi connectivity index (χ3n) is 4.15. The van der Waals surface area contributed by atoms with Crippen molar-refractivity contribution >= 4 is 52.3 Å². The van der Waals surface area contributed by atoms with E-state index in [1.54, 1.807) is 42.5 Å². The van der Waals surface area contributed by atoms with Crippen molar-refractivity contribution in [3.8, 4) is 0 Å². The van der Waals surface area contributed by atoms with Gasteiger partial charge in [0.15, 0.2) is 0 Å². The zero-order valence-corrected chi connectivity index (χ0v) is 16.0. The van der Waals surface area contributed by atoms with Gasteiger partial charge in [0, 0.05) is 29.2 Å². The Kier molecular flexibility index (Phi) is 5.79. The second-order valence-electron chi connectivity index (χ2n) is 6.17. The molecule has 2 aromatic carbocycles. The maximum atomic E-state index is 12.7. The number of amides is 3. The van der Waals surface area contributed by atoms with E-state index in [1.165, 1.54) is 6.92 Å². The first kappa shape index (κ1) is 19.4. The van der Waals surface area contributed by atoms with E-state index in [9.17, 15) is 14.4 Å². The molecule has 0 spiro atoms. The summed E-state index contributed by atoms with van der Waals surface area (Å²) in [4.78, 5) is 37.2. The van der Waals surface area contributed by atoms with Crippen LogP contribution in [0.25, 0.3) is 0 Å². The molecular weight excluding hydrogens is 389 g/mol. The van der Waals surface area contributed by atoms with E-state index in [1.807, 2.05) is 0 Å². The number of carbonyl (C=O) groups is 3. The van der Waals surface area contributed by atoms with Crippen LogP contribution in [0.4, 0.5) is 11.4 Å². The fourth-order valence-electron chi connectivity index (χ4n) is 2.86. The van der Waals surface area contributed by atoms with Gasteiger partial charge in [-0.05, 0) is 42.0 Å². The first-order valence-electron chi connectivity index (χ1n) is 8.27. The van der Waals surface area contributed by atoms with E-state index >= 15 is 0 Å². The Balaban J connectivity index is 1.68. The van der Waals surface area contributed by atoms with Crippen LogP contribution in [-0.2, 0) is 20.9 Å². The van der Waals surface area contributed by atoms with Crippen molar-refractivity contribution in [3.63, 3.8) is 0 Å². The van der Waals surface area contributed by atoms with E-state index in [0.717, 1.165) is 10.5 Å². The van der Waals surface area contributed by atoms with Crippen LogP contribution < -0.4 is 15.5 Å². The van der Waals surface area contributed by atoms with Gasteiger partial charge in [0.05, 0.1) is 18.2 Å². The predicted molar refractivity (Wildman–Crippen MR) is 105 cm³/mol. The van der Waals surface area contributed by atoms with Gasteiger partial charge in [-0.1, -0.05) is 29.3 Å². The summed E-state index contributed by atoms with van der Waals surface area (Å²) in [5.74, 6) is -0.800. The molecule has 1 fully saturated rings. The SMILES string of the molecule is CC(=O)Nc1ccc(N2C(=O)CC(NCc3ccc(Cl)cc3Cl)C2=O)cc1. The number of anilines is 2. The highest BCUT2D eigenvalue weighted by atomic mass is 35.5. The Morgan fingerprint density at radius 3 is 2.48 bits per heavy atom. The number of hydrogen-bond acceptors (Lipinski definition) is 4. The lowest BCUT2D eigenvalue weighted by Crippen LogP contribution is -2.38. The average Bonchev–Trinajstić information content (AvgIpc) is 2.88. The van der Waals surface area contributed by atoms with Gasteiger partial charge >= 0.3 is 0 Å². The van der Waals surface area contributed by atoms with E-state index in [0.29, 0.717) is 28.0 Å². The Labute approximate surface area is 166 Å². The van der Waals surface area contributed by atoms with Crippen molar-refractivity contribution < 1.29 is 14.4 Å². The molecule has 1 unspecified atom stereocenters. The molecule has 0 aromatic heterocycles. The lowest BCUT2D eigenvalue weighted by molar-refractivity contribution is -0.121. The average molecular weight is 406 g/mol. The Morgan fingerprint density at radius 1 is 1.15 bits per heavy atom. The second-order valence-corrected chi connectivity index (χ2v) is 7.01. The summed E-state index contributed by atoms with van der Waals surface area (Å²) in [7, 11) is 0. The lowest BCUT2D eigenvalue weighted by atomic mass is 10.2. The maximum Gasteiger partial charge on any atom is 0.251 e. The number of hydrogen-bond donors (Lipinski definition) is 2. The minimum atomic E-state index is -0.626. The normalized spacial score (nSPS) is 16.7. The number of benzene rings is 2. The molecule has 2 aromatic rings. The predicted octanol–water partition coefficient (Wildman–Crippen LogP) is 3.37. The minimum Gasteiger partial charge on any atom is -0.326 e. The van der Waals surface area contributed by atoms with Crippen molar-refractivity contribution in [2.75, 3.05) is 10.2 Å². The van der Waals surface area contributed by atoms with Gasteiger partial charge in [-0.15, -0.1) is 0 Å². The molecule has 1 aliphatic heterocycles. The molecule has 8 heteroatoms. The highest BCUT2D eigenvalue weighted by Gasteiger charge is 2.39. The summed E-state index contributed by atoms with van der Waals surface area (Å²) in [6.07, 6.45) is 0.0670. The molecule has 6 nitrogen and oxygen atoms in total. The zero-order chi connectivity index (χ0) is 19.6. The lowest BCUT2D eigenvalue weighted by Gasteiger charge is -2.16. The van der Waals surface area contributed by atoms with Crippen LogP contribution in [-0.4, -0.2) is 23.8 Å². The third kappa shape index (κ3) is 4.47. The van der Waals surface area contributed by atoms with Gasteiger partial charge in [0.2, 0.25) is 11.8 Å². The summed E-state index contributed by atoms with van der Waals surface area (Å²) in [6.45, 7) is 1.75. The highest BCUT2D eigenvalue weighted by Crippen LogP contribution is 2.26. The van der Waals surface area contributed by atoms with E-state index in [-0.39, 0.29) is 24.1 Å². The Hall–Kier alpha value is -2.41. The first-order chi connectivity index (χ1) is 12.8. The Bertz CT molecular complexity index is 900. The molecule has 3 rings (SSSR count). The summed E-state index contributed by atoms with van der Waals surface area (Å²) >= 11 is 12.0. The maximum absolute atomic E-state index is 12.7. The van der Waals surface area contributed by atoms with Crippen LogP contribution in [0, 0.1) is 0 Å². The monoisotopic (exact) mass is 405 g/mol. The topological polar surface area (TPSA) is 78.5 Å². The van der Waals surface area contributed by atoms with Crippen LogP contribution in [0.1, 0.15) is 18.9 Å². The van der Waals surface area contributed by atoms with Gasteiger partial charge < -0.3 is 10.6 Å². The van der Waals surface area contributed by atoms with Crippen LogP contribution in [0.3, 0.4) is 0 Å². The molecule has 2 N–H and O–H groups in total. The standard InChI is InChI=1S/C19H17Cl2N3O3/c1-11(25)23-14-4-6-15(7-5-14)24-18(26)9-17(19(24)27)22-10-12-2-3-13(20)8-16(12)21/h2-8,17,22H,9-10H2,1H3,(H,23,25). The third-order valence-corrected chi connectivity index (χ3v) is 4.73. The second kappa shape index (κ2) is 8.08. The van der Waals surface area contributed by atoms with E-state index < -0.39 is 6.04 Å². The molecule has 1 heterocycles. The van der Waals surface area contributed by atoms with Gasteiger partial charge in [-0.2, -0.15) is 0 Å². The largest absolute Gasteiger partial charge is 0.326 e. The molecule has 3 amide bonds. The summed E-state index contributed by atoms with van der Waals surface area (Å²) < 4.78 is 0. The molecule has 0 aliphatic carbocycles. The number of imide groups is 1. The van der Waals surface area contributed by atoms with Gasteiger partial charge in [0.25, 0.3) is 5.91 Å². The quantitative estimate of drug-likeness (QED) is 0.747. The van der Waals surface area contributed by atoms with E-state index in [2.05, 4.69) is 10.6 Å². The molecule has 1 atom stereocenters. The molecule has 27 heavy (non-hydrogen) atoms. The molecule has 1 saturated heterocycles. The number of nitrogens with zero attached hydrogens (tertiary/aromatic N) is 1. The van der Waals surface area contributed by atoms with Crippen molar-refractivity contribution in [3.05, 3.63) is 58.1 Å². The molecule has 0 saturated carbocycles. The number of rotatable bonds is 5. The van der Waals surface area contributed by atoms with Crippen LogP contribution in [0.2, 0.25) is 10.0 Å². The Morgan fingerprint density at radius 2 is 1.85 bits per heavy atom. The summed E-state index contributed by atoms with van der Waals surface area (Å²) in [5, 5.41) is 6.75. The van der Waals surface area contributed by atoms with Gasteiger partial charge in [-0.25, -0.2) is 4.90 Å². The van der Waals surface area contributed by atoms with Crippen molar-refractivity contribution in [2.45, 2.75) is 25.9 Å². The minimum absolute atomic E-state index is 0.0670. The zero-order valence-electron chi connectivity index (χ0n) is 14.5. The molecular formula is C19H17Cl2N3O3. The van der Waals surface area contributed by atoms with Crippen molar-refractivity contribution in [1.82, 2.24) is 5.32 Å². The summed E-state index contributed by atoms with van der Waals surface area (Å²) in [5.41, 5.74) is 1.85. The van der Waals surface area contributed by atoms with Crippen LogP contribution >= 0.6 is 23.2 Å². The van der Waals surface area contributed by atoms with Crippen LogP contribution in [0.15, 0.2) is 42.5 Å². The summed E-state index contributed by atoms with van der Waals surface area (Å²) in [6, 6.07) is 11.0. The number of halogens is 2. The van der Waals surface area contributed by atoms with Gasteiger partial charge in [0.1, 0.15) is 0 Å². The molecule has 140 valence electrons. The van der Waals surface area contributed by atoms with E-state index in [4.69, 9.17) is 23.2 Å². The smallest absolute Gasteiger partial charge is 0.251 e. The highest BCUT2D eigenvalue weighted by molar-refractivity contribution is 6.35. The first-order valence-corrected chi connectivity index (χ1v) is 9.02. The molecule has 0 bridgehead atoms. The van der Waals surface area contributed by atoms with Crippen LogP contribution in [0.5, 0.6) is 0 Å². The van der Waals surface area contributed by atoms with Crippen molar-refractivity contribution in [2.24, 2.45) is 0 Å². The number of carbonyl (C=O) groups excluding carboxylic acids is 3. The fraction of sp³-hybridized carbons (Fsp3) is 0.211. The molecule has 0 radical (unpaired) electrons. The molecule has 1 aliphatic rings.